The van der Waals surface area contributed by atoms with Crippen LogP contribution in [0.4, 0.5) is 12.0 Å². The Morgan fingerprint density at radius 2 is 2.17 bits per heavy atom. The number of benzene rings is 1. The van der Waals surface area contributed by atoms with Gasteiger partial charge in [0.25, 0.3) is 0 Å². The van der Waals surface area contributed by atoms with Crippen LogP contribution in [0.5, 0.6) is 5.88 Å². The Bertz CT molecular complexity index is 653. The van der Waals surface area contributed by atoms with Gasteiger partial charge in [0, 0.05) is 0 Å². The van der Waals surface area contributed by atoms with Gasteiger partial charge in [0.05, 0.1) is 5.69 Å². The maximum Gasteiger partial charge on any atom is 0.302 e. The van der Waals surface area contributed by atoms with Crippen LogP contribution < -0.4 is 5.32 Å². The third-order valence-corrected chi connectivity index (χ3v) is 2.63. The van der Waals surface area contributed by atoms with E-state index in [4.69, 9.17) is 4.42 Å². The fraction of sp³-hybridized carbons (Fsp3) is 0.167. The van der Waals surface area contributed by atoms with E-state index in [-0.39, 0.29) is 5.88 Å². The van der Waals surface area contributed by atoms with Crippen molar-refractivity contribution in [3.8, 4) is 5.88 Å². The van der Waals surface area contributed by atoms with Crippen molar-refractivity contribution >= 4 is 23.1 Å². The lowest BCUT2D eigenvalue weighted by atomic mass is 10.3. The largest absolute Gasteiger partial charge is 0.492 e. The number of oxazole rings is 1. The standard InChI is InChI=1S/C12H12N4O2/c1-2-7-10(17)15-11(13-7)16-12-14-8-5-3-4-6-9(8)18-12/h3-6,17H,2H2,1H3,(H2,13,14,15,16). The molecule has 0 atom stereocenters. The van der Waals surface area contributed by atoms with E-state index in [1.807, 2.05) is 31.2 Å². The van der Waals surface area contributed by atoms with Crippen molar-refractivity contribution in [1.29, 1.82) is 0 Å². The van der Waals surface area contributed by atoms with Gasteiger partial charge >= 0.3 is 6.01 Å². The Labute approximate surface area is 103 Å². The molecule has 0 bridgehead atoms. The summed E-state index contributed by atoms with van der Waals surface area (Å²) >= 11 is 0. The molecular formula is C12H12N4O2. The number of rotatable bonds is 3. The zero-order chi connectivity index (χ0) is 12.5. The van der Waals surface area contributed by atoms with Gasteiger partial charge in [0.2, 0.25) is 11.8 Å². The smallest absolute Gasteiger partial charge is 0.302 e. The molecule has 6 heteroatoms. The highest BCUT2D eigenvalue weighted by atomic mass is 16.4. The first-order valence-corrected chi connectivity index (χ1v) is 5.66. The van der Waals surface area contributed by atoms with Gasteiger partial charge in [-0.3, -0.25) is 5.32 Å². The summed E-state index contributed by atoms with van der Waals surface area (Å²) < 4.78 is 5.49. The summed E-state index contributed by atoms with van der Waals surface area (Å²) in [5, 5.41) is 12.4. The van der Waals surface area contributed by atoms with Crippen molar-refractivity contribution in [2.24, 2.45) is 0 Å². The van der Waals surface area contributed by atoms with Crippen LogP contribution >= 0.6 is 0 Å². The summed E-state index contributed by atoms with van der Waals surface area (Å²) in [4.78, 5) is 11.1. The molecule has 3 N–H and O–H groups in total. The third kappa shape index (κ3) is 1.77. The van der Waals surface area contributed by atoms with E-state index in [9.17, 15) is 5.11 Å². The Kier molecular flexibility index (Phi) is 2.40. The lowest BCUT2D eigenvalue weighted by Gasteiger charge is -1.94. The first-order valence-electron chi connectivity index (χ1n) is 5.66. The number of imidazole rings is 1. The Morgan fingerprint density at radius 3 is 2.89 bits per heavy atom. The van der Waals surface area contributed by atoms with E-state index in [1.54, 1.807) is 0 Å². The lowest BCUT2D eigenvalue weighted by Crippen LogP contribution is -1.92. The molecule has 0 saturated carbocycles. The predicted molar refractivity (Wildman–Crippen MR) is 66.9 cm³/mol. The van der Waals surface area contributed by atoms with E-state index >= 15 is 0 Å². The van der Waals surface area contributed by atoms with Gasteiger partial charge in [-0.25, -0.2) is 0 Å². The van der Waals surface area contributed by atoms with Crippen molar-refractivity contribution in [2.45, 2.75) is 13.3 Å². The van der Waals surface area contributed by atoms with Crippen LogP contribution in [0, 0.1) is 0 Å². The first-order chi connectivity index (χ1) is 8.76. The molecular weight excluding hydrogens is 232 g/mol. The van der Waals surface area contributed by atoms with Crippen molar-refractivity contribution in [2.75, 3.05) is 5.32 Å². The molecule has 2 heterocycles. The lowest BCUT2D eigenvalue weighted by molar-refractivity contribution is 0.450. The van der Waals surface area contributed by atoms with Gasteiger partial charge in [-0.1, -0.05) is 19.1 Å². The zero-order valence-corrected chi connectivity index (χ0v) is 9.77. The summed E-state index contributed by atoms with van der Waals surface area (Å²) in [7, 11) is 0. The normalized spacial score (nSPS) is 10.9. The Hall–Kier alpha value is -2.50. The maximum atomic E-state index is 9.52. The van der Waals surface area contributed by atoms with E-state index in [0.29, 0.717) is 29.7 Å². The van der Waals surface area contributed by atoms with Crippen LogP contribution in [0.15, 0.2) is 28.7 Å². The highest BCUT2D eigenvalue weighted by Gasteiger charge is 2.10. The second kappa shape index (κ2) is 4.06. The number of hydrogen-bond donors (Lipinski definition) is 3. The summed E-state index contributed by atoms with van der Waals surface area (Å²) in [5.74, 6) is 0.409. The molecule has 0 aliphatic carbocycles. The van der Waals surface area contributed by atoms with Crippen LogP contribution in [0.25, 0.3) is 11.1 Å². The van der Waals surface area contributed by atoms with Crippen LogP contribution in [0.1, 0.15) is 12.6 Å². The molecule has 0 aliphatic rings. The van der Waals surface area contributed by atoms with Gasteiger partial charge in [-0.05, 0) is 18.6 Å². The monoisotopic (exact) mass is 244 g/mol. The minimum absolute atomic E-state index is 0.00360. The van der Waals surface area contributed by atoms with Crippen molar-refractivity contribution in [3.05, 3.63) is 30.0 Å². The molecule has 1 aromatic carbocycles. The number of aryl methyl sites for hydroxylation is 1. The van der Waals surface area contributed by atoms with E-state index in [2.05, 4.69) is 20.3 Å². The second-order valence-electron chi connectivity index (χ2n) is 3.85. The molecule has 2 aromatic heterocycles. The average Bonchev–Trinajstić information content (AvgIpc) is 2.92. The Morgan fingerprint density at radius 1 is 1.33 bits per heavy atom. The van der Waals surface area contributed by atoms with E-state index in [0.717, 1.165) is 5.52 Å². The molecule has 0 saturated heterocycles. The minimum Gasteiger partial charge on any atom is -0.492 e. The van der Waals surface area contributed by atoms with Gasteiger partial charge in [-0.2, -0.15) is 9.97 Å². The number of para-hydroxylation sites is 2. The Balaban J connectivity index is 1.91. The molecule has 92 valence electrons. The van der Waals surface area contributed by atoms with Gasteiger partial charge in [0.15, 0.2) is 5.58 Å². The number of anilines is 2. The molecule has 3 aromatic rings. The van der Waals surface area contributed by atoms with E-state index < -0.39 is 0 Å². The third-order valence-electron chi connectivity index (χ3n) is 2.63. The number of H-pyrrole nitrogens is 1. The summed E-state index contributed by atoms with van der Waals surface area (Å²) in [6, 6.07) is 7.81. The van der Waals surface area contributed by atoms with Gasteiger partial charge in [-0.15, -0.1) is 0 Å². The highest BCUT2D eigenvalue weighted by molar-refractivity contribution is 5.74. The van der Waals surface area contributed by atoms with Crippen molar-refractivity contribution in [1.82, 2.24) is 15.0 Å². The van der Waals surface area contributed by atoms with Crippen molar-refractivity contribution < 1.29 is 9.52 Å². The topological polar surface area (TPSA) is 87.0 Å². The average molecular weight is 244 g/mol. The summed E-state index contributed by atoms with van der Waals surface area (Å²) in [5.41, 5.74) is 2.14. The molecule has 0 aliphatic heterocycles. The second-order valence-corrected chi connectivity index (χ2v) is 3.85. The molecule has 0 spiro atoms. The van der Waals surface area contributed by atoms with Crippen molar-refractivity contribution in [3.63, 3.8) is 0 Å². The molecule has 0 unspecified atom stereocenters. The predicted octanol–water partition coefficient (Wildman–Crippen LogP) is 2.56. The molecule has 0 fully saturated rings. The number of hydrogen-bond acceptors (Lipinski definition) is 5. The number of aromatic amines is 1. The summed E-state index contributed by atoms with van der Waals surface area (Å²) in [6.45, 7) is 1.93. The van der Waals surface area contributed by atoms with Gasteiger partial charge in [0.1, 0.15) is 5.52 Å². The van der Waals surface area contributed by atoms with Crippen LogP contribution in [0.2, 0.25) is 0 Å². The number of aromatic nitrogens is 3. The highest BCUT2D eigenvalue weighted by Crippen LogP contribution is 2.23. The number of nitrogens with zero attached hydrogens (tertiary/aromatic N) is 2. The zero-order valence-electron chi connectivity index (χ0n) is 9.77. The van der Waals surface area contributed by atoms with Gasteiger partial charge < -0.3 is 14.5 Å². The molecule has 0 amide bonds. The SMILES string of the molecule is CCc1[nH]c(Nc2nc3ccccc3o2)nc1O. The van der Waals surface area contributed by atoms with Crippen LogP contribution in [0.3, 0.4) is 0 Å². The fourth-order valence-corrected chi connectivity index (χ4v) is 1.73. The minimum atomic E-state index is -0.00360. The maximum absolute atomic E-state index is 9.52. The molecule has 6 nitrogen and oxygen atoms in total. The molecule has 0 radical (unpaired) electrons. The van der Waals surface area contributed by atoms with Crippen LogP contribution in [-0.2, 0) is 6.42 Å². The van der Waals surface area contributed by atoms with E-state index in [1.165, 1.54) is 0 Å². The number of aromatic hydroxyl groups is 1. The quantitative estimate of drug-likeness (QED) is 0.659. The molecule has 18 heavy (non-hydrogen) atoms. The number of fused-ring (bicyclic) bond motifs is 1. The van der Waals surface area contributed by atoms with Crippen LogP contribution in [-0.4, -0.2) is 20.1 Å². The fourth-order valence-electron chi connectivity index (χ4n) is 1.73. The first kappa shape index (κ1) is 10.6. The number of nitrogens with one attached hydrogen (secondary N) is 2. The molecule has 3 rings (SSSR count). The summed E-state index contributed by atoms with van der Waals surface area (Å²) in [6.07, 6.45) is 0.675.